The first-order valence-corrected chi connectivity index (χ1v) is 8.20. The van der Waals surface area contributed by atoms with Gasteiger partial charge in [-0.1, -0.05) is 38.8 Å². The Hall–Kier alpha value is -1.02. The van der Waals surface area contributed by atoms with Crippen molar-refractivity contribution in [2.75, 3.05) is 13.2 Å². The molecule has 0 aromatic heterocycles. The Bertz CT molecular complexity index is 366. The molecule has 0 atom stereocenters. The molecule has 1 aromatic carbocycles. The van der Waals surface area contributed by atoms with E-state index in [1.54, 1.807) is 0 Å². The molecule has 1 N–H and O–H groups in total. The summed E-state index contributed by atoms with van der Waals surface area (Å²) in [6.45, 7) is 7.45. The SMILES string of the molecule is CCCOc1ccc(CNCC2CCC(C)CC2)cc1. The van der Waals surface area contributed by atoms with Gasteiger partial charge in [0.1, 0.15) is 5.75 Å². The van der Waals surface area contributed by atoms with Gasteiger partial charge in [0.05, 0.1) is 6.61 Å². The Balaban J connectivity index is 1.66. The molecule has 20 heavy (non-hydrogen) atoms. The normalized spacial score (nSPS) is 22.7. The van der Waals surface area contributed by atoms with Crippen molar-refractivity contribution in [3.05, 3.63) is 29.8 Å². The second kappa shape index (κ2) is 8.31. The topological polar surface area (TPSA) is 21.3 Å². The molecule has 2 heteroatoms. The van der Waals surface area contributed by atoms with Crippen molar-refractivity contribution in [1.29, 1.82) is 0 Å². The highest BCUT2D eigenvalue weighted by atomic mass is 16.5. The first kappa shape index (κ1) is 15.4. The summed E-state index contributed by atoms with van der Waals surface area (Å²) in [7, 11) is 0. The zero-order valence-corrected chi connectivity index (χ0v) is 13.0. The smallest absolute Gasteiger partial charge is 0.119 e. The quantitative estimate of drug-likeness (QED) is 0.797. The summed E-state index contributed by atoms with van der Waals surface area (Å²) in [4.78, 5) is 0. The Morgan fingerprint density at radius 1 is 1.10 bits per heavy atom. The van der Waals surface area contributed by atoms with Crippen molar-refractivity contribution >= 4 is 0 Å². The fourth-order valence-electron chi connectivity index (χ4n) is 2.88. The summed E-state index contributed by atoms with van der Waals surface area (Å²) in [5.74, 6) is 2.82. The maximum atomic E-state index is 5.60. The van der Waals surface area contributed by atoms with Gasteiger partial charge in [0.25, 0.3) is 0 Å². The molecule has 0 spiro atoms. The minimum absolute atomic E-state index is 0.803. The van der Waals surface area contributed by atoms with Crippen LogP contribution in [-0.2, 0) is 6.54 Å². The molecule has 1 saturated carbocycles. The van der Waals surface area contributed by atoms with E-state index in [0.717, 1.165) is 37.2 Å². The van der Waals surface area contributed by atoms with Crippen molar-refractivity contribution in [2.24, 2.45) is 11.8 Å². The third kappa shape index (κ3) is 5.16. The fraction of sp³-hybridized carbons (Fsp3) is 0.667. The van der Waals surface area contributed by atoms with E-state index in [-0.39, 0.29) is 0 Å². The van der Waals surface area contributed by atoms with Crippen LogP contribution in [0.1, 0.15) is 51.5 Å². The van der Waals surface area contributed by atoms with E-state index in [4.69, 9.17) is 4.74 Å². The Labute approximate surface area is 123 Å². The van der Waals surface area contributed by atoms with E-state index in [0.29, 0.717) is 0 Å². The van der Waals surface area contributed by atoms with E-state index in [9.17, 15) is 0 Å². The monoisotopic (exact) mass is 275 g/mol. The van der Waals surface area contributed by atoms with E-state index >= 15 is 0 Å². The van der Waals surface area contributed by atoms with E-state index < -0.39 is 0 Å². The second-order valence-corrected chi connectivity index (χ2v) is 6.25. The van der Waals surface area contributed by atoms with Crippen molar-refractivity contribution in [3.63, 3.8) is 0 Å². The molecule has 0 bridgehead atoms. The lowest BCUT2D eigenvalue weighted by molar-refractivity contribution is 0.281. The van der Waals surface area contributed by atoms with Gasteiger partial charge >= 0.3 is 0 Å². The molecule has 2 rings (SSSR count). The standard InChI is InChI=1S/C18H29NO/c1-3-12-20-18-10-8-17(9-11-18)14-19-13-16-6-4-15(2)5-7-16/h8-11,15-16,19H,3-7,12-14H2,1-2H3. The fourth-order valence-corrected chi connectivity index (χ4v) is 2.88. The predicted octanol–water partition coefficient (Wildman–Crippen LogP) is 4.39. The Morgan fingerprint density at radius 2 is 1.80 bits per heavy atom. The van der Waals surface area contributed by atoms with Crippen LogP contribution in [0.2, 0.25) is 0 Å². The van der Waals surface area contributed by atoms with Crippen LogP contribution in [0.3, 0.4) is 0 Å². The molecule has 0 radical (unpaired) electrons. The lowest BCUT2D eigenvalue weighted by Gasteiger charge is -2.26. The van der Waals surface area contributed by atoms with E-state index in [1.807, 2.05) is 0 Å². The molecule has 0 aliphatic heterocycles. The number of benzene rings is 1. The van der Waals surface area contributed by atoms with Crippen molar-refractivity contribution in [2.45, 2.75) is 52.5 Å². The Morgan fingerprint density at radius 3 is 2.45 bits per heavy atom. The van der Waals surface area contributed by atoms with Crippen LogP contribution >= 0.6 is 0 Å². The lowest BCUT2D eigenvalue weighted by atomic mass is 9.83. The summed E-state index contributed by atoms with van der Waals surface area (Å²) in [6.07, 6.45) is 6.69. The number of hydrogen-bond donors (Lipinski definition) is 1. The van der Waals surface area contributed by atoms with Crippen LogP contribution in [0.25, 0.3) is 0 Å². The second-order valence-electron chi connectivity index (χ2n) is 6.25. The van der Waals surface area contributed by atoms with Gasteiger partial charge in [-0.25, -0.2) is 0 Å². The largest absolute Gasteiger partial charge is 0.494 e. The minimum atomic E-state index is 0.803. The zero-order chi connectivity index (χ0) is 14.2. The summed E-state index contributed by atoms with van der Waals surface area (Å²) in [6, 6.07) is 8.49. The molecule has 0 unspecified atom stereocenters. The first-order chi connectivity index (χ1) is 9.78. The van der Waals surface area contributed by atoms with Crippen LogP contribution in [0.5, 0.6) is 5.75 Å². The third-order valence-electron chi connectivity index (χ3n) is 4.29. The van der Waals surface area contributed by atoms with Gasteiger partial charge in [-0.2, -0.15) is 0 Å². The summed E-state index contributed by atoms with van der Waals surface area (Å²) in [5.41, 5.74) is 1.35. The van der Waals surface area contributed by atoms with Gasteiger partial charge < -0.3 is 10.1 Å². The molecule has 0 heterocycles. The van der Waals surface area contributed by atoms with Crippen molar-refractivity contribution in [3.8, 4) is 5.75 Å². The molecule has 1 aliphatic carbocycles. The van der Waals surface area contributed by atoms with Crippen LogP contribution in [0, 0.1) is 11.8 Å². The first-order valence-electron chi connectivity index (χ1n) is 8.20. The number of rotatable bonds is 7. The summed E-state index contributed by atoms with van der Waals surface area (Å²) in [5, 5.41) is 3.61. The van der Waals surface area contributed by atoms with E-state index in [1.165, 1.54) is 37.8 Å². The molecule has 1 aromatic rings. The molecule has 1 aliphatic rings. The van der Waals surface area contributed by atoms with Crippen molar-refractivity contribution in [1.82, 2.24) is 5.32 Å². The summed E-state index contributed by atoms with van der Waals surface area (Å²) >= 11 is 0. The van der Waals surface area contributed by atoms with Gasteiger partial charge in [0, 0.05) is 6.54 Å². The maximum absolute atomic E-state index is 5.60. The lowest BCUT2D eigenvalue weighted by Crippen LogP contribution is -2.25. The molecule has 112 valence electrons. The van der Waals surface area contributed by atoms with Crippen LogP contribution < -0.4 is 10.1 Å². The predicted molar refractivity (Wildman–Crippen MR) is 85.1 cm³/mol. The van der Waals surface area contributed by atoms with Gasteiger partial charge in [-0.05, 0) is 55.3 Å². The van der Waals surface area contributed by atoms with Crippen LogP contribution in [0.4, 0.5) is 0 Å². The summed E-state index contributed by atoms with van der Waals surface area (Å²) < 4.78 is 5.60. The Kier molecular flexibility index (Phi) is 6.38. The highest BCUT2D eigenvalue weighted by Gasteiger charge is 2.17. The highest BCUT2D eigenvalue weighted by Crippen LogP contribution is 2.27. The maximum Gasteiger partial charge on any atom is 0.119 e. The van der Waals surface area contributed by atoms with Gasteiger partial charge in [-0.15, -0.1) is 0 Å². The molecular weight excluding hydrogens is 246 g/mol. The molecule has 0 saturated heterocycles. The zero-order valence-electron chi connectivity index (χ0n) is 13.0. The van der Waals surface area contributed by atoms with E-state index in [2.05, 4.69) is 43.4 Å². The number of nitrogens with one attached hydrogen (secondary N) is 1. The van der Waals surface area contributed by atoms with Gasteiger partial charge in [-0.3, -0.25) is 0 Å². The molecule has 0 amide bonds. The third-order valence-corrected chi connectivity index (χ3v) is 4.29. The van der Waals surface area contributed by atoms with Gasteiger partial charge in [0.15, 0.2) is 0 Å². The number of ether oxygens (including phenoxy) is 1. The molecule has 1 fully saturated rings. The average Bonchev–Trinajstić information content (AvgIpc) is 2.48. The van der Waals surface area contributed by atoms with Crippen LogP contribution in [0.15, 0.2) is 24.3 Å². The average molecular weight is 275 g/mol. The molecular formula is C18H29NO. The van der Waals surface area contributed by atoms with Gasteiger partial charge in [0.2, 0.25) is 0 Å². The number of hydrogen-bond acceptors (Lipinski definition) is 2. The highest BCUT2D eigenvalue weighted by molar-refractivity contribution is 5.27. The van der Waals surface area contributed by atoms with Crippen molar-refractivity contribution < 1.29 is 4.74 Å². The van der Waals surface area contributed by atoms with Crippen LogP contribution in [-0.4, -0.2) is 13.2 Å². The molecule has 2 nitrogen and oxygen atoms in total. The minimum Gasteiger partial charge on any atom is -0.494 e.